The number of hydrogen-bond donors (Lipinski definition) is 1. The zero-order chi connectivity index (χ0) is 22.5. The first-order valence-corrected chi connectivity index (χ1v) is 10.7. The summed E-state index contributed by atoms with van der Waals surface area (Å²) in [5.41, 5.74) is 0.979. The summed E-state index contributed by atoms with van der Waals surface area (Å²) >= 11 is 1.53. The molecule has 0 spiro atoms. The summed E-state index contributed by atoms with van der Waals surface area (Å²) in [5, 5.41) is 2.99. The Bertz CT molecular complexity index is 1090. The first-order chi connectivity index (χ1) is 15.6. The van der Waals surface area contributed by atoms with Gasteiger partial charge in [0.15, 0.2) is 23.0 Å². The molecule has 3 aromatic rings. The summed E-state index contributed by atoms with van der Waals surface area (Å²) < 4.78 is 27.5. The van der Waals surface area contributed by atoms with Crippen LogP contribution < -0.4 is 29.0 Å². The number of amides is 1. The SMILES string of the molecule is COc1cc(C(=O)Nc2cc3c(cc2Sc2ccccc2)OCCO3)cc(OC)c1OC. The zero-order valence-electron chi connectivity index (χ0n) is 18.0. The third-order valence-corrected chi connectivity index (χ3v) is 5.86. The number of methoxy groups -OCH3 is 3. The van der Waals surface area contributed by atoms with E-state index < -0.39 is 0 Å². The summed E-state index contributed by atoms with van der Waals surface area (Å²) in [6.45, 7) is 0.942. The summed E-state index contributed by atoms with van der Waals surface area (Å²) in [6, 6.07) is 16.8. The van der Waals surface area contributed by atoms with E-state index >= 15 is 0 Å². The van der Waals surface area contributed by atoms with Crippen molar-refractivity contribution in [2.75, 3.05) is 39.9 Å². The van der Waals surface area contributed by atoms with Gasteiger partial charge in [0.1, 0.15) is 13.2 Å². The highest BCUT2D eigenvalue weighted by Gasteiger charge is 2.21. The van der Waals surface area contributed by atoms with Crippen molar-refractivity contribution in [1.82, 2.24) is 0 Å². The zero-order valence-corrected chi connectivity index (χ0v) is 18.8. The summed E-state index contributed by atoms with van der Waals surface area (Å²) in [6.07, 6.45) is 0. The molecular weight excluding hydrogens is 430 g/mol. The number of nitrogens with one attached hydrogen (secondary N) is 1. The van der Waals surface area contributed by atoms with Crippen molar-refractivity contribution in [2.45, 2.75) is 9.79 Å². The van der Waals surface area contributed by atoms with Crippen molar-refractivity contribution < 1.29 is 28.5 Å². The number of carbonyl (C=O) groups excluding carboxylic acids is 1. The van der Waals surface area contributed by atoms with Crippen molar-refractivity contribution >= 4 is 23.4 Å². The lowest BCUT2D eigenvalue weighted by atomic mass is 10.1. The maximum atomic E-state index is 13.2. The van der Waals surface area contributed by atoms with Gasteiger partial charge in [-0.05, 0) is 24.3 Å². The highest BCUT2D eigenvalue weighted by molar-refractivity contribution is 7.99. The second kappa shape index (κ2) is 9.74. The molecule has 1 aliphatic rings. The maximum absolute atomic E-state index is 13.2. The Labute approximate surface area is 190 Å². The van der Waals surface area contributed by atoms with Gasteiger partial charge in [0.05, 0.1) is 27.0 Å². The molecule has 1 heterocycles. The van der Waals surface area contributed by atoms with E-state index in [2.05, 4.69) is 5.32 Å². The maximum Gasteiger partial charge on any atom is 0.255 e. The minimum absolute atomic E-state index is 0.323. The second-order valence-corrected chi connectivity index (χ2v) is 7.89. The van der Waals surface area contributed by atoms with Crippen molar-refractivity contribution in [1.29, 1.82) is 0 Å². The molecule has 7 nitrogen and oxygen atoms in total. The van der Waals surface area contributed by atoms with Gasteiger partial charge in [0.25, 0.3) is 5.91 Å². The number of ether oxygens (including phenoxy) is 5. The topological polar surface area (TPSA) is 75.3 Å². The molecule has 32 heavy (non-hydrogen) atoms. The molecule has 0 saturated carbocycles. The molecule has 1 amide bonds. The second-order valence-electron chi connectivity index (χ2n) is 6.78. The molecule has 0 unspecified atom stereocenters. The third kappa shape index (κ3) is 4.55. The molecule has 0 fully saturated rings. The smallest absolute Gasteiger partial charge is 0.255 e. The van der Waals surface area contributed by atoms with Crippen LogP contribution in [0.5, 0.6) is 28.7 Å². The van der Waals surface area contributed by atoms with Gasteiger partial charge in [-0.3, -0.25) is 4.79 Å². The van der Waals surface area contributed by atoms with Gasteiger partial charge in [-0.1, -0.05) is 30.0 Å². The van der Waals surface area contributed by atoms with Crippen molar-refractivity contribution in [3.63, 3.8) is 0 Å². The van der Waals surface area contributed by atoms with Crippen molar-refractivity contribution in [3.05, 3.63) is 60.2 Å². The van der Waals surface area contributed by atoms with E-state index in [4.69, 9.17) is 23.7 Å². The highest BCUT2D eigenvalue weighted by atomic mass is 32.2. The van der Waals surface area contributed by atoms with Crippen LogP contribution in [0, 0.1) is 0 Å². The summed E-state index contributed by atoms with van der Waals surface area (Å²) in [4.78, 5) is 15.0. The van der Waals surface area contributed by atoms with E-state index in [1.807, 2.05) is 36.4 Å². The average molecular weight is 454 g/mol. The van der Waals surface area contributed by atoms with Crippen LogP contribution in [0.25, 0.3) is 0 Å². The fraction of sp³-hybridized carbons (Fsp3) is 0.208. The highest BCUT2D eigenvalue weighted by Crippen LogP contribution is 2.43. The molecule has 0 aliphatic carbocycles. The first kappa shape index (κ1) is 21.7. The Morgan fingerprint density at radius 1 is 0.875 bits per heavy atom. The fourth-order valence-electron chi connectivity index (χ4n) is 3.27. The standard InChI is InChI=1S/C24H23NO6S/c1-27-20-11-15(12-21(28-2)23(20)29-3)24(26)25-17-13-18-19(31-10-9-30-18)14-22(17)32-16-7-5-4-6-8-16/h4-8,11-14H,9-10H2,1-3H3,(H,25,26). The number of anilines is 1. The normalized spacial score (nSPS) is 12.1. The number of benzene rings is 3. The van der Waals surface area contributed by atoms with Crippen LogP contribution in [-0.2, 0) is 0 Å². The van der Waals surface area contributed by atoms with Gasteiger partial charge in [0.2, 0.25) is 5.75 Å². The molecule has 8 heteroatoms. The lowest BCUT2D eigenvalue weighted by Gasteiger charge is -2.21. The van der Waals surface area contributed by atoms with E-state index in [0.29, 0.717) is 53.2 Å². The monoisotopic (exact) mass is 453 g/mol. The van der Waals surface area contributed by atoms with Gasteiger partial charge in [0, 0.05) is 27.5 Å². The van der Waals surface area contributed by atoms with Crippen LogP contribution in [0.15, 0.2) is 64.4 Å². The Hall–Kier alpha value is -3.52. The Kier molecular flexibility index (Phi) is 6.61. The Morgan fingerprint density at radius 3 is 2.09 bits per heavy atom. The van der Waals surface area contributed by atoms with E-state index in [9.17, 15) is 4.79 Å². The lowest BCUT2D eigenvalue weighted by molar-refractivity contribution is 0.102. The number of fused-ring (bicyclic) bond motifs is 1. The van der Waals surface area contributed by atoms with Crippen LogP contribution >= 0.6 is 11.8 Å². The van der Waals surface area contributed by atoms with E-state index in [1.54, 1.807) is 18.2 Å². The molecule has 1 N–H and O–H groups in total. The van der Waals surface area contributed by atoms with Crippen molar-refractivity contribution in [2.24, 2.45) is 0 Å². The van der Waals surface area contributed by atoms with Crippen LogP contribution in [0.1, 0.15) is 10.4 Å². The van der Waals surface area contributed by atoms with E-state index in [0.717, 1.165) is 9.79 Å². The summed E-state index contributed by atoms with van der Waals surface area (Å²) in [7, 11) is 4.53. The molecule has 3 aromatic carbocycles. The average Bonchev–Trinajstić information content (AvgIpc) is 2.83. The minimum atomic E-state index is -0.323. The van der Waals surface area contributed by atoms with E-state index in [-0.39, 0.29) is 5.91 Å². The van der Waals surface area contributed by atoms with E-state index in [1.165, 1.54) is 33.1 Å². The predicted molar refractivity (Wildman–Crippen MR) is 122 cm³/mol. The first-order valence-electron chi connectivity index (χ1n) is 9.91. The molecule has 1 aliphatic heterocycles. The molecule has 4 rings (SSSR count). The van der Waals surface area contributed by atoms with Gasteiger partial charge in [-0.2, -0.15) is 0 Å². The van der Waals surface area contributed by atoms with Crippen LogP contribution in [-0.4, -0.2) is 40.5 Å². The van der Waals surface area contributed by atoms with Gasteiger partial charge in [-0.25, -0.2) is 0 Å². The molecule has 0 aromatic heterocycles. The quantitative estimate of drug-likeness (QED) is 0.546. The lowest BCUT2D eigenvalue weighted by Crippen LogP contribution is -2.17. The third-order valence-electron chi connectivity index (χ3n) is 4.79. The number of carbonyl (C=O) groups is 1. The molecule has 0 radical (unpaired) electrons. The van der Waals surface area contributed by atoms with Crippen molar-refractivity contribution in [3.8, 4) is 28.7 Å². The molecule has 0 bridgehead atoms. The summed E-state index contributed by atoms with van der Waals surface area (Å²) in [5.74, 6) is 2.15. The van der Waals surface area contributed by atoms with Crippen LogP contribution in [0.2, 0.25) is 0 Å². The predicted octanol–water partition coefficient (Wildman–Crippen LogP) is 4.89. The molecule has 0 atom stereocenters. The molecule has 166 valence electrons. The largest absolute Gasteiger partial charge is 0.493 e. The van der Waals surface area contributed by atoms with Gasteiger partial charge < -0.3 is 29.0 Å². The van der Waals surface area contributed by atoms with Gasteiger partial charge in [-0.15, -0.1) is 0 Å². The number of rotatable bonds is 7. The number of hydrogen-bond acceptors (Lipinski definition) is 7. The van der Waals surface area contributed by atoms with Crippen LogP contribution in [0.3, 0.4) is 0 Å². The van der Waals surface area contributed by atoms with Crippen LogP contribution in [0.4, 0.5) is 5.69 Å². The Morgan fingerprint density at radius 2 is 1.50 bits per heavy atom. The molecule has 0 saturated heterocycles. The molecular formula is C24H23NO6S. The minimum Gasteiger partial charge on any atom is -0.493 e. The van der Waals surface area contributed by atoms with Gasteiger partial charge >= 0.3 is 0 Å². The Balaban J connectivity index is 1.69. The fourth-order valence-corrected chi connectivity index (χ4v) is 4.21.